The standard InChI is InChI=1S/C15H22BrN/c1-11(2)12-8-13(10-14(16)9-12)15(17)6-4-3-5-7-15/h8-11H,3-7,17H2,1-2H3. The highest BCUT2D eigenvalue weighted by atomic mass is 79.9. The van der Waals surface area contributed by atoms with Crippen molar-refractivity contribution in [3.63, 3.8) is 0 Å². The van der Waals surface area contributed by atoms with Crippen molar-refractivity contribution in [2.45, 2.75) is 57.4 Å². The minimum atomic E-state index is -0.0916. The maximum atomic E-state index is 6.60. The zero-order valence-corrected chi connectivity index (χ0v) is 12.4. The van der Waals surface area contributed by atoms with Gasteiger partial charge in [0.1, 0.15) is 0 Å². The molecule has 0 atom stereocenters. The number of nitrogens with two attached hydrogens (primary N) is 1. The SMILES string of the molecule is CC(C)c1cc(Br)cc(C2(N)CCCCC2)c1. The maximum Gasteiger partial charge on any atom is 0.0410 e. The second kappa shape index (κ2) is 5.11. The number of hydrogen-bond donors (Lipinski definition) is 1. The summed E-state index contributed by atoms with van der Waals surface area (Å²) in [4.78, 5) is 0. The molecule has 0 aromatic heterocycles. The van der Waals surface area contributed by atoms with Crippen molar-refractivity contribution in [3.8, 4) is 0 Å². The van der Waals surface area contributed by atoms with E-state index in [1.165, 1.54) is 30.4 Å². The Morgan fingerprint density at radius 1 is 1.12 bits per heavy atom. The highest BCUT2D eigenvalue weighted by molar-refractivity contribution is 9.10. The molecule has 1 saturated carbocycles. The number of hydrogen-bond acceptors (Lipinski definition) is 1. The molecule has 2 N–H and O–H groups in total. The lowest BCUT2D eigenvalue weighted by Gasteiger charge is -2.34. The molecule has 1 aromatic carbocycles. The van der Waals surface area contributed by atoms with E-state index in [2.05, 4.69) is 48.0 Å². The van der Waals surface area contributed by atoms with Gasteiger partial charge < -0.3 is 5.73 Å². The van der Waals surface area contributed by atoms with E-state index in [1.807, 2.05) is 0 Å². The molecule has 17 heavy (non-hydrogen) atoms. The fourth-order valence-electron chi connectivity index (χ4n) is 2.70. The largest absolute Gasteiger partial charge is 0.321 e. The van der Waals surface area contributed by atoms with E-state index >= 15 is 0 Å². The van der Waals surface area contributed by atoms with E-state index in [-0.39, 0.29) is 5.54 Å². The van der Waals surface area contributed by atoms with Gasteiger partial charge in [0.05, 0.1) is 0 Å². The van der Waals surface area contributed by atoms with E-state index in [9.17, 15) is 0 Å². The topological polar surface area (TPSA) is 26.0 Å². The summed E-state index contributed by atoms with van der Waals surface area (Å²) in [5.41, 5.74) is 9.20. The first kappa shape index (κ1) is 13.1. The van der Waals surface area contributed by atoms with Crippen LogP contribution in [0.3, 0.4) is 0 Å². The van der Waals surface area contributed by atoms with E-state index in [0.29, 0.717) is 5.92 Å². The van der Waals surface area contributed by atoms with Gasteiger partial charge in [-0.3, -0.25) is 0 Å². The average molecular weight is 296 g/mol. The fraction of sp³-hybridized carbons (Fsp3) is 0.600. The monoisotopic (exact) mass is 295 g/mol. The maximum absolute atomic E-state index is 6.60. The van der Waals surface area contributed by atoms with Crippen molar-refractivity contribution in [2.24, 2.45) is 5.73 Å². The van der Waals surface area contributed by atoms with Gasteiger partial charge in [0.15, 0.2) is 0 Å². The molecule has 0 bridgehead atoms. The summed E-state index contributed by atoms with van der Waals surface area (Å²) in [7, 11) is 0. The molecular weight excluding hydrogens is 274 g/mol. The van der Waals surface area contributed by atoms with Crippen molar-refractivity contribution in [2.75, 3.05) is 0 Å². The van der Waals surface area contributed by atoms with Gasteiger partial charge in [-0.25, -0.2) is 0 Å². The normalized spacial score (nSPS) is 19.6. The molecule has 2 heteroatoms. The minimum Gasteiger partial charge on any atom is -0.321 e. The van der Waals surface area contributed by atoms with Crippen molar-refractivity contribution in [1.82, 2.24) is 0 Å². The fourth-order valence-corrected chi connectivity index (χ4v) is 3.22. The number of benzene rings is 1. The van der Waals surface area contributed by atoms with Crippen molar-refractivity contribution in [3.05, 3.63) is 33.8 Å². The second-order valence-electron chi connectivity index (χ2n) is 5.64. The van der Waals surface area contributed by atoms with Gasteiger partial charge in [-0.15, -0.1) is 0 Å². The Labute approximate surface area is 113 Å². The van der Waals surface area contributed by atoms with Crippen LogP contribution in [0.1, 0.15) is 63.0 Å². The van der Waals surface area contributed by atoms with Gasteiger partial charge in [0.2, 0.25) is 0 Å². The Balaban J connectivity index is 2.37. The zero-order chi connectivity index (χ0) is 12.5. The summed E-state index contributed by atoms with van der Waals surface area (Å²) >= 11 is 3.62. The Kier molecular flexibility index (Phi) is 3.94. The summed E-state index contributed by atoms with van der Waals surface area (Å²) in [6.07, 6.45) is 6.12. The third-order valence-electron chi connectivity index (χ3n) is 3.91. The Bertz CT molecular complexity index is 392. The van der Waals surface area contributed by atoms with Crippen LogP contribution in [0, 0.1) is 0 Å². The van der Waals surface area contributed by atoms with Gasteiger partial charge in [-0.2, -0.15) is 0 Å². The van der Waals surface area contributed by atoms with E-state index in [0.717, 1.165) is 17.3 Å². The highest BCUT2D eigenvalue weighted by Crippen LogP contribution is 2.37. The summed E-state index contributed by atoms with van der Waals surface area (Å²) in [5, 5.41) is 0. The molecule has 0 spiro atoms. The van der Waals surface area contributed by atoms with Crippen LogP contribution < -0.4 is 5.73 Å². The molecular formula is C15H22BrN. The lowest BCUT2D eigenvalue weighted by molar-refractivity contribution is 0.302. The highest BCUT2D eigenvalue weighted by Gasteiger charge is 2.29. The van der Waals surface area contributed by atoms with E-state index < -0.39 is 0 Å². The van der Waals surface area contributed by atoms with Crippen LogP contribution in [-0.4, -0.2) is 0 Å². The van der Waals surface area contributed by atoms with Gasteiger partial charge in [0, 0.05) is 10.0 Å². The molecule has 0 saturated heterocycles. The molecule has 1 aliphatic carbocycles. The predicted octanol–water partition coefficient (Wildman–Crippen LogP) is 4.69. The smallest absolute Gasteiger partial charge is 0.0410 e. The van der Waals surface area contributed by atoms with Crippen LogP contribution in [0.5, 0.6) is 0 Å². The quantitative estimate of drug-likeness (QED) is 0.841. The van der Waals surface area contributed by atoms with E-state index in [1.54, 1.807) is 0 Å². The molecule has 1 fully saturated rings. The molecule has 2 rings (SSSR count). The Morgan fingerprint density at radius 2 is 1.76 bits per heavy atom. The molecule has 0 amide bonds. The molecule has 94 valence electrons. The minimum absolute atomic E-state index is 0.0916. The van der Waals surface area contributed by atoms with Crippen LogP contribution in [0.4, 0.5) is 0 Å². The third kappa shape index (κ3) is 2.92. The second-order valence-corrected chi connectivity index (χ2v) is 6.56. The van der Waals surface area contributed by atoms with E-state index in [4.69, 9.17) is 5.73 Å². The van der Waals surface area contributed by atoms with Crippen molar-refractivity contribution in [1.29, 1.82) is 0 Å². The predicted molar refractivity (Wildman–Crippen MR) is 77.2 cm³/mol. The molecule has 1 nitrogen and oxygen atoms in total. The lowest BCUT2D eigenvalue weighted by Crippen LogP contribution is -2.38. The molecule has 1 aliphatic rings. The Morgan fingerprint density at radius 3 is 2.35 bits per heavy atom. The number of halogens is 1. The first-order valence-corrected chi connectivity index (χ1v) is 7.40. The van der Waals surface area contributed by atoms with Crippen LogP contribution >= 0.6 is 15.9 Å². The lowest BCUT2D eigenvalue weighted by atomic mass is 9.77. The van der Waals surface area contributed by atoms with Crippen LogP contribution in [0.25, 0.3) is 0 Å². The molecule has 0 heterocycles. The molecule has 0 aliphatic heterocycles. The van der Waals surface area contributed by atoms with Crippen molar-refractivity contribution < 1.29 is 0 Å². The zero-order valence-electron chi connectivity index (χ0n) is 10.8. The third-order valence-corrected chi connectivity index (χ3v) is 4.37. The van der Waals surface area contributed by atoms with Gasteiger partial charge >= 0.3 is 0 Å². The van der Waals surface area contributed by atoms with Crippen LogP contribution in [0.2, 0.25) is 0 Å². The summed E-state index contributed by atoms with van der Waals surface area (Å²) in [6, 6.07) is 6.72. The molecule has 0 radical (unpaired) electrons. The number of rotatable bonds is 2. The van der Waals surface area contributed by atoms with Gasteiger partial charge in [0.25, 0.3) is 0 Å². The van der Waals surface area contributed by atoms with Crippen molar-refractivity contribution >= 4 is 15.9 Å². The van der Waals surface area contributed by atoms with Gasteiger partial charge in [-0.05, 0) is 42.0 Å². The van der Waals surface area contributed by atoms with Crippen LogP contribution in [-0.2, 0) is 5.54 Å². The molecule has 1 aromatic rings. The summed E-state index contributed by atoms with van der Waals surface area (Å²) in [6.45, 7) is 4.46. The summed E-state index contributed by atoms with van der Waals surface area (Å²) in [5.74, 6) is 0.554. The first-order valence-electron chi connectivity index (χ1n) is 6.61. The molecule has 0 unspecified atom stereocenters. The Hall–Kier alpha value is -0.340. The van der Waals surface area contributed by atoms with Gasteiger partial charge in [-0.1, -0.05) is 55.1 Å². The average Bonchev–Trinajstić information content (AvgIpc) is 2.29. The first-order chi connectivity index (χ1) is 8.01. The van der Waals surface area contributed by atoms with Crippen LogP contribution in [0.15, 0.2) is 22.7 Å². The summed E-state index contributed by atoms with van der Waals surface area (Å²) < 4.78 is 1.16.